The third kappa shape index (κ3) is 10.6. The van der Waals surface area contributed by atoms with Crippen molar-refractivity contribution in [1.29, 1.82) is 0 Å². The highest BCUT2D eigenvalue weighted by atomic mass is 32.2. The highest BCUT2D eigenvalue weighted by Crippen LogP contribution is 2.27. The molecule has 44 heavy (non-hydrogen) atoms. The maximum Gasteiger partial charge on any atom is 0.407 e. The lowest BCUT2D eigenvalue weighted by molar-refractivity contribution is -0.136. The molecular weight excluding hydrogens is 592 g/mol. The van der Waals surface area contributed by atoms with E-state index in [1.807, 2.05) is 35.2 Å². The predicted octanol–water partition coefficient (Wildman–Crippen LogP) is -0.441. The number of hydrazone groups is 1. The lowest BCUT2D eigenvalue weighted by atomic mass is 9.98. The van der Waals surface area contributed by atoms with Gasteiger partial charge in [0, 0.05) is 51.9 Å². The van der Waals surface area contributed by atoms with E-state index in [1.165, 1.54) is 4.31 Å². The number of benzene rings is 1. The minimum atomic E-state index is -4.08. The number of alkyl carbamates (subject to hydrolysis) is 1. The van der Waals surface area contributed by atoms with Gasteiger partial charge in [-0.1, -0.05) is 30.3 Å². The van der Waals surface area contributed by atoms with Crippen molar-refractivity contribution in [2.45, 2.75) is 50.8 Å². The summed E-state index contributed by atoms with van der Waals surface area (Å²) in [5.41, 5.74) is 0.844. The molecule has 3 fully saturated rings. The zero-order valence-corrected chi connectivity index (χ0v) is 25.8. The van der Waals surface area contributed by atoms with Crippen molar-refractivity contribution in [3.05, 3.63) is 35.9 Å². The Morgan fingerprint density at radius 3 is 2.57 bits per heavy atom. The molecule has 1 aromatic rings. The molecule has 0 unspecified atom stereocenters. The van der Waals surface area contributed by atoms with Gasteiger partial charge in [-0.25, -0.2) is 4.79 Å². The van der Waals surface area contributed by atoms with Gasteiger partial charge in [-0.3, -0.25) is 9.59 Å². The number of likely N-dealkylation sites (tertiary alicyclic amines) is 1. The number of hydrogen-bond donors (Lipinski definition) is 4. The molecule has 2 atom stereocenters. The first-order chi connectivity index (χ1) is 21.2. The zero-order valence-electron chi connectivity index (χ0n) is 24.9. The largest absolute Gasteiger partial charge is 0.445 e. The maximum atomic E-state index is 13.8. The number of piperidine rings is 1. The Kier molecular flexibility index (Phi) is 12.6. The van der Waals surface area contributed by atoms with E-state index >= 15 is 0 Å². The summed E-state index contributed by atoms with van der Waals surface area (Å²) in [6.07, 6.45) is 3.94. The molecule has 1 saturated carbocycles. The van der Waals surface area contributed by atoms with Gasteiger partial charge in [0.25, 0.3) is 10.2 Å². The fraction of sp³-hybridized carbons (Fsp3) is 0.643. The second kappa shape index (κ2) is 16.6. The molecule has 0 radical (unpaired) electrons. The summed E-state index contributed by atoms with van der Waals surface area (Å²) in [5, 5.41) is 9.11. The molecule has 2 heterocycles. The third-order valence-electron chi connectivity index (χ3n) is 7.76. The van der Waals surface area contributed by atoms with Crippen LogP contribution in [0.5, 0.6) is 0 Å². The monoisotopic (exact) mass is 636 g/mol. The third-order valence-corrected chi connectivity index (χ3v) is 9.39. The molecule has 0 bridgehead atoms. The predicted molar refractivity (Wildman–Crippen MR) is 162 cm³/mol. The van der Waals surface area contributed by atoms with Crippen LogP contribution < -0.4 is 21.2 Å². The van der Waals surface area contributed by atoms with Crippen molar-refractivity contribution in [2.75, 3.05) is 59.0 Å². The van der Waals surface area contributed by atoms with Crippen molar-refractivity contribution < 1.29 is 32.3 Å². The molecule has 2 aliphatic heterocycles. The van der Waals surface area contributed by atoms with Gasteiger partial charge in [-0.2, -0.15) is 22.5 Å². The van der Waals surface area contributed by atoms with Crippen LogP contribution in [0, 0.1) is 5.92 Å². The van der Waals surface area contributed by atoms with Crippen molar-refractivity contribution in [3.63, 3.8) is 0 Å². The molecule has 244 valence electrons. The number of nitrogens with two attached hydrogens (primary N) is 1. The first-order valence-electron chi connectivity index (χ1n) is 15.1. The second-order valence-electron chi connectivity index (χ2n) is 11.2. The fourth-order valence-corrected chi connectivity index (χ4v) is 6.63. The number of ether oxygens (including phenoxy) is 2. The summed E-state index contributed by atoms with van der Waals surface area (Å²) in [4.78, 5) is 42.7. The first-order valence-corrected chi connectivity index (χ1v) is 16.5. The number of nitrogens with zero attached hydrogens (tertiary/aromatic N) is 4. The minimum Gasteiger partial charge on any atom is -0.445 e. The van der Waals surface area contributed by atoms with Gasteiger partial charge in [0.1, 0.15) is 19.0 Å². The Bertz CT molecular complexity index is 1230. The average Bonchev–Trinajstić information content (AvgIpc) is 3.87. The molecule has 16 heteroatoms. The summed E-state index contributed by atoms with van der Waals surface area (Å²) in [7, 11) is -4.08. The van der Waals surface area contributed by atoms with E-state index < -0.39 is 34.2 Å². The van der Waals surface area contributed by atoms with Gasteiger partial charge in [0.2, 0.25) is 11.8 Å². The number of nitrogens with one attached hydrogen (secondary N) is 3. The van der Waals surface area contributed by atoms with Gasteiger partial charge in [-0.05, 0) is 37.2 Å². The lowest BCUT2D eigenvalue weighted by Gasteiger charge is -2.32. The Morgan fingerprint density at radius 2 is 1.86 bits per heavy atom. The van der Waals surface area contributed by atoms with E-state index in [0.29, 0.717) is 13.1 Å². The van der Waals surface area contributed by atoms with Crippen LogP contribution in [0.2, 0.25) is 0 Å². The molecule has 0 spiro atoms. The molecule has 5 N–H and O–H groups in total. The maximum absolute atomic E-state index is 13.8. The van der Waals surface area contributed by atoms with Crippen LogP contribution in [0.25, 0.3) is 0 Å². The molecule has 4 rings (SSSR count). The highest BCUT2D eigenvalue weighted by molar-refractivity contribution is 7.87. The molecule has 1 aliphatic carbocycles. The number of carbonyl (C=O) groups excluding carboxylic acids is 3. The summed E-state index contributed by atoms with van der Waals surface area (Å²) in [5.74, 6) is 4.49. The summed E-state index contributed by atoms with van der Waals surface area (Å²) < 4.78 is 40.7. The van der Waals surface area contributed by atoms with Crippen LogP contribution in [0.1, 0.15) is 37.7 Å². The topological polar surface area (TPSA) is 188 Å². The Balaban J connectivity index is 1.35. The van der Waals surface area contributed by atoms with E-state index in [1.54, 1.807) is 11.2 Å². The molecule has 1 aromatic carbocycles. The Hall–Kier alpha value is -3.47. The zero-order chi connectivity index (χ0) is 31.4. The van der Waals surface area contributed by atoms with Gasteiger partial charge >= 0.3 is 6.09 Å². The highest BCUT2D eigenvalue weighted by Gasteiger charge is 2.39. The van der Waals surface area contributed by atoms with Crippen LogP contribution in [-0.2, 0) is 35.9 Å². The van der Waals surface area contributed by atoms with Crippen molar-refractivity contribution in [1.82, 2.24) is 29.5 Å². The summed E-state index contributed by atoms with van der Waals surface area (Å²) in [6.45, 7) is 3.04. The van der Waals surface area contributed by atoms with Crippen molar-refractivity contribution in [2.24, 2.45) is 16.9 Å². The Labute approximate surface area is 258 Å². The quantitative estimate of drug-likeness (QED) is 0.0857. The average molecular weight is 637 g/mol. The van der Waals surface area contributed by atoms with Gasteiger partial charge in [0.05, 0.1) is 19.6 Å². The van der Waals surface area contributed by atoms with Gasteiger partial charge < -0.3 is 35.7 Å². The standard InChI is InChI=1S/C28H44N8O7S/c29-32-21-34-11-4-7-23(19-34)18-31-26(37)17-25(33-44(40,41)35-13-15-42-16-14-35)27(38)36(24-8-9-24)12-10-30-28(39)43-20-22-5-2-1-3-6-22/h1-3,5-6,21,23-25,33H,4,7-20,29H2,(H,30,39)(H,31,37)/t23-,25-/m0/s1. The molecular formula is C28H44N8O7S. The van der Waals surface area contributed by atoms with E-state index in [4.69, 9.17) is 15.3 Å². The number of amides is 3. The Morgan fingerprint density at radius 1 is 1.11 bits per heavy atom. The summed E-state index contributed by atoms with van der Waals surface area (Å²) >= 11 is 0. The normalized spacial score (nSPS) is 20.2. The van der Waals surface area contributed by atoms with Crippen LogP contribution in [0.4, 0.5) is 4.79 Å². The van der Waals surface area contributed by atoms with Crippen LogP contribution >= 0.6 is 0 Å². The van der Waals surface area contributed by atoms with E-state index in [2.05, 4.69) is 20.5 Å². The number of carbonyl (C=O) groups is 3. The van der Waals surface area contributed by atoms with Gasteiger partial charge in [-0.15, -0.1) is 0 Å². The second-order valence-corrected chi connectivity index (χ2v) is 12.9. The van der Waals surface area contributed by atoms with E-state index in [0.717, 1.165) is 37.8 Å². The molecule has 15 nitrogen and oxygen atoms in total. The van der Waals surface area contributed by atoms with Crippen molar-refractivity contribution >= 4 is 34.5 Å². The summed E-state index contributed by atoms with van der Waals surface area (Å²) in [6, 6.07) is 7.84. The fourth-order valence-electron chi connectivity index (χ4n) is 5.31. The minimum absolute atomic E-state index is 0.0967. The van der Waals surface area contributed by atoms with Gasteiger partial charge in [0.15, 0.2) is 0 Å². The van der Waals surface area contributed by atoms with Crippen LogP contribution in [0.3, 0.4) is 0 Å². The SMILES string of the molecule is NN=CN1CCC[C@@H](CNC(=O)C[C@H](NS(=O)(=O)N2CCOCC2)C(=O)N(CCNC(=O)OCc2ccccc2)C2CC2)C1. The van der Waals surface area contributed by atoms with E-state index in [9.17, 15) is 22.8 Å². The molecule has 2 saturated heterocycles. The molecule has 3 amide bonds. The molecule has 0 aromatic heterocycles. The van der Waals surface area contributed by atoms with Crippen LogP contribution in [-0.4, -0.2) is 118 Å². The lowest BCUT2D eigenvalue weighted by Crippen LogP contribution is -2.56. The van der Waals surface area contributed by atoms with Crippen LogP contribution in [0.15, 0.2) is 35.4 Å². The number of rotatable bonds is 15. The first kappa shape index (κ1) is 33.4. The van der Waals surface area contributed by atoms with Crippen molar-refractivity contribution in [3.8, 4) is 0 Å². The van der Waals surface area contributed by atoms with E-state index in [-0.39, 0.29) is 64.4 Å². The number of morpholine rings is 1. The smallest absolute Gasteiger partial charge is 0.407 e. The number of hydrogen-bond acceptors (Lipinski definition) is 9. The molecule has 3 aliphatic rings.